The summed E-state index contributed by atoms with van der Waals surface area (Å²) in [6, 6.07) is 16.7. The average Bonchev–Trinajstić information content (AvgIpc) is 2.67. The van der Waals surface area contributed by atoms with Crippen LogP contribution in [0.4, 0.5) is 0 Å². The maximum Gasteiger partial charge on any atom is 0.157 e. The van der Waals surface area contributed by atoms with Crippen LogP contribution in [-0.4, -0.2) is 19.5 Å². The van der Waals surface area contributed by atoms with Crippen LogP contribution in [0.1, 0.15) is 38.2 Å². The van der Waals surface area contributed by atoms with E-state index in [-0.39, 0.29) is 6.29 Å². The molecule has 0 amide bonds. The number of benzene rings is 2. The molecule has 3 rings (SSSR count). The van der Waals surface area contributed by atoms with E-state index in [2.05, 4.69) is 43.3 Å². The van der Waals surface area contributed by atoms with Gasteiger partial charge in [0.25, 0.3) is 0 Å². The Morgan fingerprint density at radius 3 is 2.08 bits per heavy atom. The van der Waals surface area contributed by atoms with Gasteiger partial charge in [0.1, 0.15) is 0 Å². The van der Waals surface area contributed by atoms with E-state index in [9.17, 15) is 0 Å². The third-order valence-electron chi connectivity index (χ3n) is 4.80. The molecule has 0 aromatic heterocycles. The monoisotopic (exact) mass is 358 g/mol. The summed E-state index contributed by atoms with van der Waals surface area (Å²) in [5.74, 6) is 0.579. The molecule has 0 aliphatic carbocycles. The molecular formula is C22H27ClO2. The van der Waals surface area contributed by atoms with Crippen molar-refractivity contribution in [3.05, 3.63) is 59.1 Å². The molecule has 25 heavy (non-hydrogen) atoms. The van der Waals surface area contributed by atoms with Crippen molar-refractivity contribution in [3.63, 3.8) is 0 Å². The van der Waals surface area contributed by atoms with E-state index < -0.39 is 0 Å². The highest BCUT2D eigenvalue weighted by Crippen LogP contribution is 2.23. The van der Waals surface area contributed by atoms with Crippen LogP contribution in [-0.2, 0) is 15.9 Å². The highest BCUT2D eigenvalue weighted by atomic mass is 35.5. The maximum absolute atomic E-state index is 5.95. The second-order valence-electron chi connectivity index (χ2n) is 6.85. The Labute approximate surface area is 156 Å². The van der Waals surface area contributed by atoms with E-state index in [4.69, 9.17) is 21.1 Å². The molecule has 2 aromatic carbocycles. The van der Waals surface area contributed by atoms with Crippen LogP contribution >= 0.6 is 11.6 Å². The van der Waals surface area contributed by atoms with Crippen molar-refractivity contribution in [1.82, 2.24) is 0 Å². The summed E-state index contributed by atoms with van der Waals surface area (Å²) in [6.07, 6.45) is 5.57. The Bertz CT molecular complexity index is 628. The van der Waals surface area contributed by atoms with E-state index in [0.717, 1.165) is 31.1 Å². The first-order valence-corrected chi connectivity index (χ1v) is 9.70. The van der Waals surface area contributed by atoms with Crippen molar-refractivity contribution in [2.75, 3.05) is 13.2 Å². The third-order valence-corrected chi connectivity index (χ3v) is 5.05. The van der Waals surface area contributed by atoms with Gasteiger partial charge in [-0.25, -0.2) is 0 Å². The lowest BCUT2D eigenvalue weighted by Gasteiger charge is -2.29. The van der Waals surface area contributed by atoms with Gasteiger partial charge >= 0.3 is 0 Å². The number of aryl methyl sites for hydroxylation is 1. The molecule has 0 atom stereocenters. The number of hydrogen-bond donors (Lipinski definition) is 0. The lowest BCUT2D eigenvalue weighted by atomic mass is 10.0. The fourth-order valence-corrected chi connectivity index (χ4v) is 3.33. The smallest absolute Gasteiger partial charge is 0.157 e. The van der Waals surface area contributed by atoms with E-state index in [1.165, 1.54) is 36.0 Å². The van der Waals surface area contributed by atoms with Gasteiger partial charge in [-0.2, -0.15) is 0 Å². The number of ether oxygens (including phenoxy) is 2. The minimum Gasteiger partial charge on any atom is -0.352 e. The van der Waals surface area contributed by atoms with Crippen molar-refractivity contribution in [2.24, 2.45) is 5.92 Å². The summed E-state index contributed by atoms with van der Waals surface area (Å²) in [7, 11) is 0. The van der Waals surface area contributed by atoms with Gasteiger partial charge in [-0.1, -0.05) is 67.8 Å². The summed E-state index contributed by atoms with van der Waals surface area (Å²) in [6.45, 7) is 3.92. The lowest BCUT2D eigenvalue weighted by molar-refractivity contribution is -0.203. The molecule has 1 aliphatic heterocycles. The molecule has 0 bridgehead atoms. The molecule has 0 saturated carbocycles. The largest absolute Gasteiger partial charge is 0.352 e. The molecule has 3 heteroatoms. The second-order valence-corrected chi connectivity index (χ2v) is 7.28. The van der Waals surface area contributed by atoms with E-state index in [0.29, 0.717) is 5.92 Å². The quantitative estimate of drug-likeness (QED) is 0.593. The molecule has 1 heterocycles. The molecule has 0 N–H and O–H groups in total. The summed E-state index contributed by atoms with van der Waals surface area (Å²) < 4.78 is 11.8. The Balaban J connectivity index is 1.45. The fraction of sp³-hybridized carbons (Fsp3) is 0.455. The zero-order valence-electron chi connectivity index (χ0n) is 14.9. The zero-order valence-corrected chi connectivity index (χ0v) is 15.7. The van der Waals surface area contributed by atoms with Gasteiger partial charge < -0.3 is 9.47 Å². The molecule has 1 aliphatic rings. The van der Waals surface area contributed by atoms with Gasteiger partial charge in [0.2, 0.25) is 0 Å². The summed E-state index contributed by atoms with van der Waals surface area (Å²) in [5, 5.41) is 0.768. The summed E-state index contributed by atoms with van der Waals surface area (Å²) in [4.78, 5) is 0. The van der Waals surface area contributed by atoms with Crippen LogP contribution < -0.4 is 0 Å². The molecule has 0 spiro atoms. The Kier molecular flexibility index (Phi) is 6.92. The Morgan fingerprint density at radius 2 is 1.48 bits per heavy atom. The normalized spacial score (nSPS) is 20.6. The highest BCUT2D eigenvalue weighted by molar-refractivity contribution is 6.30. The first-order valence-electron chi connectivity index (χ1n) is 9.32. The molecule has 2 nitrogen and oxygen atoms in total. The Hall–Kier alpha value is -1.35. The zero-order chi connectivity index (χ0) is 17.5. The fourth-order valence-electron chi connectivity index (χ4n) is 3.20. The predicted molar refractivity (Wildman–Crippen MR) is 104 cm³/mol. The Morgan fingerprint density at radius 1 is 0.880 bits per heavy atom. The van der Waals surface area contributed by atoms with Gasteiger partial charge in [-0.05, 0) is 41.7 Å². The number of unbranched alkanes of at least 4 members (excludes halogenated alkanes) is 1. The molecule has 1 saturated heterocycles. The molecule has 0 unspecified atom stereocenters. The van der Waals surface area contributed by atoms with Gasteiger partial charge in [-0.3, -0.25) is 0 Å². The number of hydrogen-bond acceptors (Lipinski definition) is 2. The lowest BCUT2D eigenvalue weighted by Crippen LogP contribution is -2.32. The van der Waals surface area contributed by atoms with E-state index in [1.807, 2.05) is 12.1 Å². The molecule has 2 aromatic rings. The van der Waals surface area contributed by atoms with Crippen molar-refractivity contribution in [2.45, 2.75) is 45.3 Å². The number of rotatable bonds is 7. The van der Waals surface area contributed by atoms with E-state index in [1.54, 1.807) is 0 Å². The minimum absolute atomic E-state index is 0.0474. The SMILES string of the molecule is CCCCC1COC(CCc2ccc(-c3ccc(Cl)cc3)cc2)OC1. The minimum atomic E-state index is -0.0474. The molecule has 134 valence electrons. The van der Waals surface area contributed by atoms with Crippen molar-refractivity contribution in [3.8, 4) is 11.1 Å². The second kappa shape index (κ2) is 9.38. The van der Waals surface area contributed by atoms with Crippen molar-refractivity contribution in [1.29, 1.82) is 0 Å². The van der Waals surface area contributed by atoms with Crippen molar-refractivity contribution < 1.29 is 9.47 Å². The number of halogens is 1. The van der Waals surface area contributed by atoms with Crippen LogP contribution in [0.3, 0.4) is 0 Å². The van der Waals surface area contributed by atoms with Crippen LogP contribution in [0.2, 0.25) is 5.02 Å². The van der Waals surface area contributed by atoms with E-state index >= 15 is 0 Å². The average molecular weight is 359 g/mol. The van der Waals surface area contributed by atoms with Crippen LogP contribution in [0.5, 0.6) is 0 Å². The summed E-state index contributed by atoms with van der Waals surface area (Å²) in [5.41, 5.74) is 3.72. The first-order chi connectivity index (χ1) is 12.2. The third kappa shape index (κ3) is 5.57. The predicted octanol–water partition coefficient (Wildman–Crippen LogP) is 6.12. The molecular weight excluding hydrogens is 332 g/mol. The standard InChI is InChI=1S/C22H27ClO2/c1-2-3-4-18-15-24-22(25-16-18)14-7-17-5-8-19(9-6-17)20-10-12-21(23)13-11-20/h5-6,8-13,18,22H,2-4,7,14-16H2,1H3. The maximum atomic E-state index is 5.95. The highest BCUT2D eigenvalue weighted by Gasteiger charge is 2.21. The van der Waals surface area contributed by atoms with Crippen LogP contribution in [0.15, 0.2) is 48.5 Å². The van der Waals surface area contributed by atoms with Crippen molar-refractivity contribution >= 4 is 11.6 Å². The van der Waals surface area contributed by atoms with Gasteiger partial charge in [0.15, 0.2) is 6.29 Å². The summed E-state index contributed by atoms with van der Waals surface area (Å²) >= 11 is 5.95. The first kappa shape index (κ1) is 18.4. The topological polar surface area (TPSA) is 18.5 Å². The van der Waals surface area contributed by atoms with Crippen LogP contribution in [0, 0.1) is 5.92 Å². The van der Waals surface area contributed by atoms with Crippen LogP contribution in [0.25, 0.3) is 11.1 Å². The van der Waals surface area contributed by atoms with Gasteiger partial charge in [0, 0.05) is 17.4 Å². The van der Waals surface area contributed by atoms with Gasteiger partial charge in [0.05, 0.1) is 13.2 Å². The molecule has 0 radical (unpaired) electrons. The van der Waals surface area contributed by atoms with Gasteiger partial charge in [-0.15, -0.1) is 0 Å². The molecule has 1 fully saturated rings.